The van der Waals surface area contributed by atoms with E-state index >= 15 is 0 Å². The van der Waals surface area contributed by atoms with Crippen LogP contribution >= 0.6 is 11.6 Å². The number of carbonyl (C=O) groups is 1. The van der Waals surface area contributed by atoms with Crippen LogP contribution in [0.5, 0.6) is 0 Å². The molecule has 0 N–H and O–H groups in total. The molecule has 0 aromatic heterocycles. The Kier molecular flexibility index (Phi) is 4.13. The second-order valence-electron chi connectivity index (χ2n) is 5.35. The summed E-state index contributed by atoms with van der Waals surface area (Å²) >= 11 is 6.02. The van der Waals surface area contributed by atoms with E-state index in [9.17, 15) is 4.79 Å². The van der Waals surface area contributed by atoms with E-state index in [0.29, 0.717) is 6.61 Å². The van der Waals surface area contributed by atoms with Gasteiger partial charge in [-0.1, -0.05) is 17.7 Å². The van der Waals surface area contributed by atoms with Gasteiger partial charge in [-0.05, 0) is 24.6 Å². The third-order valence-electron chi connectivity index (χ3n) is 4.04. The van der Waals surface area contributed by atoms with Crippen LogP contribution in [0, 0.1) is 5.92 Å². The number of benzene rings is 1. The Balaban J connectivity index is 1.58. The molecule has 0 bridgehead atoms. The topological polar surface area (TPSA) is 32.8 Å². The Morgan fingerprint density at radius 1 is 1.25 bits per heavy atom. The van der Waals surface area contributed by atoms with E-state index in [2.05, 4.69) is 11.0 Å². The molecule has 0 aliphatic carbocycles. The van der Waals surface area contributed by atoms with Crippen LogP contribution < -0.4 is 4.90 Å². The maximum atomic E-state index is 12.3. The second-order valence-corrected chi connectivity index (χ2v) is 5.79. The largest absolute Gasteiger partial charge is 0.381 e. The highest BCUT2D eigenvalue weighted by atomic mass is 35.5. The van der Waals surface area contributed by atoms with Gasteiger partial charge >= 0.3 is 0 Å². The first kappa shape index (κ1) is 13.7. The van der Waals surface area contributed by atoms with E-state index < -0.39 is 0 Å². The fraction of sp³-hybridized carbons (Fsp3) is 0.533. The molecule has 2 heterocycles. The van der Waals surface area contributed by atoms with Crippen LogP contribution in [0.3, 0.4) is 0 Å². The smallest absolute Gasteiger partial charge is 0.228 e. The lowest BCUT2D eigenvalue weighted by Crippen LogP contribution is -2.50. The van der Waals surface area contributed by atoms with E-state index in [1.807, 2.05) is 23.1 Å². The van der Waals surface area contributed by atoms with Gasteiger partial charge in [-0.25, -0.2) is 0 Å². The lowest BCUT2D eigenvalue weighted by Gasteiger charge is -2.37. The summed E-state index contributed by atoms with van der Waals surface area (Å²) in [6, 6.07) is 7.88. The van der Waals surface area contributed by atoms with Crippen LogP contribution in [0.2, 0.25) is 5.02 Å². The van der Waals surface area contributed by atoms with Crippen LogP contribution in [0.1, 0.15) is 6.42 Å². The van der Waals surface area contributed by atoms with Crippen molar-refractivity contribution in [2.45, 2.75) is 6.42 Å². The van der Waals surface area contributed by atoms with E-state index in [-0.39, 0.29) is 11.8 Å². The molecule has 0 radical (unpaired) electrons. The SMILES string of the molecule is O=C(C1CCOC1)N1CCN(c2cccc(Cl)c2)CC1. The van der Waals surface area contributed by atoms with Crippen LogP contribution in [0.25, 0.3) is 0 Å². The van der Waals surface area contributed by atoms with Gasteiger partial charge in [0.2, 0.25) is 5.91 Å². The molecule has 2 saturated heterocycles. The number of halogens is 1. The summed E-state index contributed by atoms with van der Waals surface area (Å²) in [5, 5.41) is 0.754. The molecule has 0 saturated carbocycles. The van der Waals surface area contributed by atoms with Crippen molar-refractivity contribution in [3.63, 3.8) is 0 Å². The molecule has 2 aliphatic rings. The van der Waals surface area contributed by atoms with Gasteiger partial charge in [0.1, 0.15) is 0 Å². The van der Waals surface area contributed by atoms with Gasteiger partial charge in [0, 0.05) is 43.5 Å². The molecule has 1 aromatic rings. The number of ether oxygens (including phenoxy) is 1. The summed E-state index contributed by atoms with van der Waals surface area (Å²) in [6.45, 7) is 4.59. The Bertz CT molecular complexity index is 481. The summed E-state index contributed by atoms with van der Waals surface area (Å²) < 4.78 is 5.30. The predicted octanol–water partition coefficient (Wildman–Crippen LogP) is 2.03. The van der Waals surface area contributed by atoms with Gasteiger partial charge in [-0.15, -0.1) is 0 Å². The molecule has 2 aliphatic heterocycles. The highest BCUT2D eigenvalue weighted by Gasteiger charge is 2.30. The van der Waals surface area contributed by atoms with Crippen LogP contribution in [-0.4, -0.2) is 50.2 Å². The minimum Gasteiger partial charge on any atom is -0.381 e. The summed E-state index contributed by atoms with van der Waals surface area (Å²) in [5.41, 5.74) is 1.13. The van der Waals surface area contributed by atoms with Crippen LogP contribution in [-0.2, 0) is 9.53 Å². The van der Waals surface area contributed by atoms with Crippen LogP contribution in [0.15, 0.2) is 24.3 Å². The van der Waals surface area contributed by atoms with Gasteiger partial charge in [-0.2, -0.15) is 0 Å². The van der Waals surface area contributed by atoms with E-state index in [4.69, 9.17) is 16.3 Å². The first-order valence-corrected chi connectivity index (χ1v) is 7.49. The maximum absolute atomic E-state index is 12.3. The van der Waals surface area contributed by atoms with Crippen molar-refractivity contribution in [1.82, 2.24) is 4.90 Å². The molecule has 20 heavy (non-hydrogen) atoms. The summed E-state index contributed by atoms with van der Waals surface area (Å²) in [5.74, 6) is 0.334. The molecule has 1 atom stereocenters. The Hall–Kier alpha value is -1.26. The fourth-order valence-corrected chi connectivity index (χ4v) is 3.03. The lowest BCUT2D eigenvalue weighted by molar-refractivity contribution is -0.135. The molecular weight excluding hydrogens is 276 g/mol. The first-order chi connectivity index (χ1) is 9.74. The molecule has 1 unspecified atom stereocenters. The molecule has 5 heteroatoms. The molecular formula is C15H19ClN2O2. The number of rotatable bonds is 2. The third kappa shape index (κ3) is 2.91. The standard InChI is InChI=1S/C15H19ClN2O2/c16-13-2-1-3-14(10-13)17-5-7-18(8-6-17)15(19)12-4-9-20-11-12/h1-3,10,12H,4-9,11H2. The Labute approximate surface area is 124 Å². The number of piperazine rings is 1. The second kappa shape index (κ2) is 6.02. The van der Waals surface area contributed by atoms with Gasteiger partial charge in [0.25, 0.3) is 0 Å². The number of nitrogens with zero attached hydrogens (tertiary/aromatic N) is 2. The van der Waals surface area contributed by atoms with Crippen molar-refractivity contribution in [3.05, 3.63) is 29.3 Å². The number of hydrogen-bond acceptors (Lipinski definition) is 3. The Morgan fingerprint density at radius 2 is 2.05 bits per heavy atom. The van der Waals surface area contributed by atoms with Gasteiger partial charge < -0.3 is 14.5 Å². The molecule has 4 nitrogen and oxygen atoms in total. The van der Waals surface area contributed by atoms with Gasteiger partial charge in [0.15, 0.2) is 0 Å². The first-order valence-electron chi connectivity index (χ1n) is 7.11. The molecule has 1 aromatic carbocycles. The zero-order valence-corrected chi connectivity index (χ0v) is 12.2. The minimum atomic E-state index is 0.0766. The Morgan fingerprint density at radius 3 is 2.70 bits per heavy atom. The van der Waals surface area contributed by atoms with Crippen molar-refractivity contribution in [2.24, 2.45) is 5.92 Å². The number of hydrogen-bond donors (Lipinski definition) is 0. The summed E-state index contributed by atoms with van der Waals surface area (Å²) in [7, 11) is 0. The predicted molar refractivity (Wildman–Crippen MR) is 79.2 cm³/mol. The summed E-state index contributed by atoms with van der Waals surface area (Å²) in [6.07, 6.45) is 0.868. The minimum absolute atomic E-state index is 0.0766. The quantitative estimate of drug-likeness (QED) is 0.837. The van der Waals surface area contributed by atoms with Crippen molar-refractivity contribution in [3.8, 4) is 0 Å². The number of amides is 1. The highest BCUT2D eigenvalue weighted by molar-refractivity contribution is 6.30. The van der Waals surface area contributed by atoms with E-state index in [1.54, 1.807) is 0 Å². The van der Waals surface area contributed by atoms with Crippen molar-refractivity contribution in [1.29, 1.82) is 0 Å². The number of carbonyl (C=O) groups excluding carboxylic acids is 1. The molecule has 3 rings (SSSR count). The van der Waals surface area contributed by atoms with E-state index in [1.165, 1.54) is 0 Å². The van der Waals surface area contributed by atoms with E-state index in [0.717, 1.165) is 49.9 Å². The molecule has 1 amide bonds. The van der Waals surface area contributed by atoms with Crippen molar-refractivity contribution >= 4 is 23.2 Å². The summed E-state index contributed by atoms with van der Waals surface area (Å²) in [4.78, 5) is 16.6. The highest BCUT2D eigenvalue weighted by Crippen LogP contribution is 2.22. The zero-order chi connectivity index (χ0) is 13.9. The van der Waals surface area contributed by atoms with Gasteiger partial charge in [-0.3, -0.25) is 4.79 Å². The molecule has 108 valence electrons. The zero-order valence-electron chi connectivity index (χ0n) is 11.4. The molecule has 0 spiro atoms. The average molecular weight is 295 g/mol. The molecule has 2 fully saturated rings. The third-order valence-corrected chi connectivity index (χ3v) is 4.28. The van der Waals surface area contributed by atoms with Crippen molar-refractivity contribution < 1.29 is 9.53 Å². The van der Waals surface area contributed by atoms with Gasteiger partial charge in [0.05, 0.1) is 12.5 Å². The fourth-order valence-electron chi connectivity index (χ4n) is 2.85. The van der Waals surface area contributed by atoms with Crippen molar-refractivity contribution in [2.75, 3.05) is 44.3 Å². The van der Waals surface area contributed by atoms with Crippen LogP contribution in [0.4, 0.5) is 5.69 Å². The number of anilines is 1. The normalized spacial score (nSPS) is 23.1. The maximum Gasteiger partial charge on any atom is 0.228 e. The lowest BCUT2D eigenvalue weighted by atomic mass is 10.1. The monoisotopic (exact) mass is 294 g/mol. The average Bonchev–Trinajstić information content (AvgIpc) is 3.01.